The molecule has 0 aliphatic rings. The van der Waals surface area contributed by atoms with Crippen molar-refractivity contribution in [3.8, 4) is 0 Å². The van der Waals surface area contributed by atoms with Gasteiger partial charge in [-0.1, -0.05) is 0 Å². The Kier molecular flexibility index (Phi) is 3.06. The monoisotopic (exact) mass is 241 g/mol. The summed E-state index contributed by atoms with van der Waals surface area (Å²) in [6.45, 7) is 1.53. The van der Waals surface area contributed by atoms with Gasteiger partial charge in [0.2, 0.25) is 0 Å². The molecule has 0 saturated heterocycles. The smallest absolute Gasteiger partial charge is 0.243 e. The highest BCUT2D eigenvalue weighted by Crippen LogP contribution is 2.27. The first-order valence-corrected chi connectivity index (χ1v) is 5.82. The van der Waals surface area contributed by atoms with Crippen molar-refractivity contribution in [1.82, 2.24) is 4.98 Å². The maximum absolute atomic E-state index is 12.4. The number of rotatable bonds is 2. The van der Waals surface area contributed by atoms with Gasteiger partial charge in [0.15, 0.2) is 5.03 Å². The number of halogens is 3. The minimum Gasteiger partial charge on any atom is -0.243 e. The van der Waals surface area contributed by atoms with Gasteiger partial charge in [-0.25, -0.2) is 22.2 Å². The van der Waals surface area contributed by atoms with Crippen molar-refractivity contribution >= 4 is 19.7 Å². The summed E-state index contributed by atoms with van der Waals surface area (Å²) in [5, 5.41) is -0.778. The van der Waals surface area contributed by atoms with Gasteiger partial charge in [0, 0.05) is 16.9 Å². The van der Waals surface area contributed by atoms with Crippen LogP contribution in [0.3, 0.4) is 0 Å². The molecular formula is C7H6ClF2NO2S. The highest BCUT2D eigenvalue weighted by molar-refractivity contribution is 8.13. The molecule has 0 aromatic carbocycles. The van der Waals surface area contributed by atoms with Crippen LogP contribution in [0.15, 0.2) is 17.3 Å². The Labute approximate surface area is 84.1 Å². The molecule has 1 heterocycles. The molecule has 78 valence electrons. The topological polar surface area (TPSA) is 47.0 Å². The first-order chi connectivity index (χ1) is 6.32. The van der Waals surface area contributed by atoms with Crippen molar-refractivity contribution in [2.24, 2.45) is 0 Å². The standard InChI is InChI=1S/C7H6ClF2NO2S/c1-4-2-5(6(9)10)7(11-3-4)14(8,12)13/h2-3,6H,1H3. The summed E-state index contributed by atoms with van der Waals surface area (Å²) >= 11 is 0. The SMILES string of the molecule is Cc1cnc(S(=O)(=O)Cl)c(C(F)F)c1. The van der Waals surface area contributed by atoms with E-state index in [1.807, 2.05) is 0 Å². The van der Waals surface area contributed by atoms with Crippen LogP contribution in [0.2, 0.25) is 0 Å². The maximum Gasteiger partial charge on any atom is 0.279 e. The van der Waals surface area contributed by atoms with Gasteiger partial charge in [-0.05, 0) is 18.6 Å². The van der Waals surface area contributed by atoms with Crippen molar-refractivity contribution in [1.29, 1.82) is 0 Å². The molecular weight excluding hydrogens is 236 g/mol. The molecule has 0 amide bonds. The van der Waals surface area contributed by atoms with E-state index in [4.69, 9.17) is 10.7 Å². The Balaban J connectivity index is 3.45. The normalized spacial score (nSPS) is 12.1. The molecule has 0 aliphatic carbocycles. The van der Waals surface area contributed by atoms with Crippen LogP contribution in [0.25, 0.3) is 0 Å². The van der Waals surface area contributed by atoms with Gasteiger partial charge in [-0.15, -0.1) is 0 Å². The molecule has 1 aromatic heterocycles. The number of hydrogen-bond donors (Lipinski definition) is 0. The highest BCUT2D eigenvalue weighted by atomic mass is 35.7. The number of hydrogen-bond acceptors (Lipinski definition) is 3. The van der Waals surface area contributed by atoms with Crippen molar-refractivity contribution in [2.45, 2.75) is 18.4 Å². The van der Waals surface area contributed by atoms with Crippen LogP contribution in [-0.2, 0) is 9.05 Å². The average molecular weight is 242 g/mol. The molecule has 0 saturated carbocycles. The number of nitrogens with zero attached hydrogens (tertiary/aromatic N) is 1. The predicted octanol–water partition coefficient (Wildman–Crippen LogP) is 2.26. The lowest BCUT2D eigenvalue weighted by Crippen LogP contribution is -2.02. The molecule has 0 atom stereocenters. The van der Waals surface area contributed by atoms with Crippen LogP contribution < -0.4 is 0 Å². The van der Waals surface area contributed by atoms with Crippen LogP contribution in [0, 0.1) is 6.92 Å². The summed E-state index contributed by atoms with van der Waals surface area (Å²) in [5.41, 5.74) is -0.218. The molecule has 0 bridgehead atoms. The summed E-state index contributed by atoms with van der Waals surface area (Å²) in [6.07, 6.45) is -1.74. The number of alkyl halides is 2. The van der Waals surface area contributed by atoms with Crippen LogP contribution in [-0.4, -0.2) is 13.4 Å². The summed E-state index contributed by atoms with van der Waals surface area (Å²) < 4.78 is 46.4. The van der Waals surface area contributed by atoms with Crippen LogP contribution in [0.5, 0.6) is 0 Å². The van der Waals surface area contributed by atoms with Gasteiger partial charge in [0.25, 0.3) is 15.5 Å². The molecule has 0 unspecified atom stereocenters. The third kappa shape index (κ3) is 2.39. The Morgan fingerprint density at radius 1 is 1.50 bits per heavy atom. The van der Waals surface area contributed by atoms with E-state index in [0.717, 1.165) is 6.07 Å². The van der Waals surface area contributed by atoms with Gasteiger partial charge in [-0.2, -0.15) is 0 Å². The predicted molar refractivity (Wildman–Crippen MR) is 47.0 cm³/mol. The van der Waals surface area contributed by atoms with Crippen LogP contribution >= 0.6 is 10.7 Å². The van der Waals surface area contributed by atoms with Crippen molar-refractivity contribution < 1.29 is 17.2 Å². The molecule has 1 rings (SSSR count). The fourth-order valence-corrected chi connectivity index (χ4v) is 1.93. The molecule has 3 nitrogen and oxygen atoms in total. The molecule has 0 fully saturated rings. The van der Waals surface area contributed by atoms with E-state index in [1.165, 1.54) is 13.1 Å². The fraction of sp³-hybridized carbons (Fsp3) is 0.286. The molecule has 14 heavy (non-hydrogen) atoms. The summed E-state index contributed by atoms with van der Waals surface area (Å²) in [4.78, 5) is 3.37. The lowest BCUT2D eigenvalue weighted by molar-refractivity contribution is 0.147. The lowest BCUT2D eigenvalue weighted by Gasteiger charge is -2.05. The van der Waals surface area contributed by atoms with Gasteiger partial charge in [0.05, 0.1) is 5.56 Å². The van der Waals surface area contributed by atoms with E-state index in [-0.39, 0.29) is 0 Å². The van der Waals surface area contributed by atoms with Crippen molar-refractivity contribution in [2.75, 3.05) is 0 Å². The van der Waals surface area contributed by atoms with Gasteiger partial charge in [-0.3, -0.25) is 0 Å². The van der Waals surface area contributed by atoms with E-state index in [0.29, 0.717) is 5.56 Å². The Bertz CT molecular complexity index is 447. The van der Waals surface area contributed by atoms with E-state index in [9.17, 15) is 17.2 Å². The zero-order valence-corrected chi connectivity index (χ0v) is 8.61. The summed E-state index contributed by atoms with van der Waals surface area (Å²) in [6, 6.07) is 1.05. The summed E-state index contributed by atoms with van der Waals surface area (Å²) in [7, 11) is 0.722. The largest absolute Gasteiger partial charge is 0.279 e. The van der Waals surface area contributed by atoms with Crippen molar-refractivity contribution in [3.63, 3.8) is 0 Å². The minimum absolute atomic E-state index is 0.448. The van der Waals surface area contributed by atoms with E-state index >= 15 is 0 Å². The second kappa shape index (κ2) is 3.78. The zero-order valence-electron chi connectivity index (χ0n) is 7.04. The quantitative estimate of drug-likeness (QED) is 0.746. The van der Waals surface area contributed by atoms with Gasteiger partial charge >= 0.3 is 0 Å². The zero-order chi connectivity index (χ0) is 10.9. The van der Waals surface area contributed by atoms with Crippen molar-refractivity contribution in [3.05, 3.63) is 23.4 Å². The third-order valence-corrected chi connectivity index (χ3v) is 2.72. The first-order valence-electron chi connectivity index (χ1n) is 3.51. The Morgan fingerprint density at radius 2 is 2.07 bits per heavy atom. The van der Waals surface area contributed by atoms with E-state index < -0.39 is 26.1 Å². The molecule has 0 radical (unpaired) electrons. The van der Waals surface area contributed by atoms with E-state index in [1.54, 1.807) is 0 Å². The minimum atomic E-state index is -4.21. The average Bonchev–Trinajstić information content (AvgIpc) is 2.01. The maximum atomic E-state index is 12.4. The second-order valence-electron chi connectivity index (χ2n) is 2.65. The fourth-order valence-electron chi connectivity index (χ4n) is 0.939. The Morgan fingerprint density at radius 3 is 2.50 bits per heavy atom. The first kappa shape index (κ1) is 11.3. The summed E-state index contributed by atoms with van der Waals surface area (Å²) in [5.74, 6) is 0. The molecule has 7 heteroatoms. The number of aryl methyl sites for hydroxylation is 1. The number of aromatic nitrogens is 1. The second-order valence-corrected chi connectivity index (χ2v) is 5.13. The highest BCUT2D eigenvalue weighted by Gasteiger charge is 2.23. The molecule has 0 spiro atoms. The van der Waals surface area contributed by atoms with Crippen LogP contribution in [0.4, 0.5) is 8.78 Å². The van der Waals surface area contributed by atoms with Crippen LogP contribution in [0.1, 0.15) is 17.6 Å². The third-order valence-electron chi connectivity index (χ3n) is 1.48. The molecule has 0 N–H and O–H groups in total. The van der Waals surface area contributed by atoms with Gasteiger partial charge < -0.3 is 0 Å². The molecule has 0 aliphatic heterocycles. The van der Waals surface area contributed by atoms with E-state index in [2.05, 4.69) is 4.98 Å². The van der Waals surface area contributed by atoms with Gasteiger partial charge in [0.1, 0.15) is 0 Å². The lowest BCUT2D eigenvalue weighted by atomic mass is 10.2. The Hall–Kier alpha value is -0.750. The number of pyridine rings is 1. The molecule has 1 aromatic rings.